The van der Waals surface area contributed by atoms with Crippen LogP contribution in [-0.2, 0) is 20.7 Å². The van der Waals surface area contributed by atoms with Crippen molar-refractivity contribution in [3.05, 3.63) is 47.6 Å². The number of aliphatic hydroxyl groups is 4. The van der Waals surface area contributed by atoms with Crippen LogP contribution in [0.15, 0.2) is 42.0 Å². The first-order valence-electron chi connectivity index (χ1n) is 23.6. The smallest absolute Gasteiger partial charge is 0.233 e. The predicted molar refractivity (Wildman–Crippen MR) is 224 cm³/mol. The number of hydrogen-bond donors (Lipinski definition) is 5. The number of aryl methyl sites for hydroxylation is 1. The highest BCUT2D eigenvalue weighted by Gasteiger charge is 2.76. The number of hydrogen-bond acceptors (Lipinski definition) is 8. The molecule has 9 nitrogen and oxygen atoms in total. The van der Waals surface area contributed by atoms with Crippen molar-refractivity contribution in [1.29, 1.82) is 0 Å². The highest BCUT2D eigenvalue weighted by Crippen LogP contribution is 2.74. The molecule has 0 aromatic heterocycles. The van der Waals surface area contributed by atoms with Gasteiger partial charge in [0.25, 0.3) is 0 Å². The van der Waals surface area contributed by atoms with Crippen molar-refractivity contribution in [2.45, 2.75) is 172 Å². The molecule has 5 saturated carbocycles. The molecule has 5 N–H and O–H groups in total. The van der Waals surface area contributed by atoms with Gasteiger partial charge in [0.2, 0.25) is 5.91 Å². The average molecular weight is 812 g/mol. The zero-order chi connectivity index (χ0) is 41.5. The maximum Gasteiger partial charge on any atom is 0.233 e. The average Bonchev–Trinajstić information content (AvgIpc) is 3.71. The Balaban J connectivity index is 1.04. The van der Waals surface area contributed by atoms with Crippen LogP contribution >= 0.6 is 0 Å². The molecule has 2 heterocycles. The van der Waals surface area contributed by atoms with Crippen LogP contribution in [0, 0.1) is 57.2 Å². The lowest BCUT2D eigenvalue weighted by molar-refractivity contribution is -0.182. The molecule has 7 aliphatic carbocycles. The van der Waals surface area contributed by atoms with Crippen LogP contribution < -0.4 is 4.90 Å². The molecule has 9 heteroatoms. The summed E-state index contributed by atoms with van der Waals surface area (Å²) in [6, 6.07) is 5.66. The summed E-state index contributed by atoms with van der Waals surface area (Å²) in [5.74, 6) is -0.203. The van der Waals surface area contributed by atoms with Gasteiger partial charge < -0.3 is 35.2 Å². The Morgan fingerprint density at radius 3 is 2.36 bits per heavy atom. The lowest BCUT2D eigenvalue weighted by Crippen LogP contribution is -2.66. The van der Waals surface area contributed by atoms with Crippen molar-refractivity contribution < 1.29 is 39.9 Å². The van der Waals surface area contributed by atoms with E-state index in [4.69, 9.17) is 4.74 Å². The van der Waals surface area contributed by atoms with E-state index in [1.54, 1.807) is 12.1 Å². The Labute approximate surface area is 350 Å². The first-order valence-corrected chi connectivity index (χ1v) is 23.6. The van der Waals surface area contributed by atoms with Crippen LogP contribution in [-0.4, -0.2) is 79.4 Å². The van der Waals surface area contributed by atoms with E-state index in [1.807, 2.05) is 11.0 Å². The molecule has 1 aromatic rings. The van der Waals surface area contributed by atoms with Gasteiger partial charge in [-0.15, -0.1) is 0 Å². The number of aromatic hydroxyl groups is 1. The van der Waals surface area contributed by atoms with Crippen LogP contribution in [0.5, 0.6) is 5.75 Å². The zero-order valence-electron chi connectivity index (χ0n) is 35.9. The summed E-state index contributed by atoms with van der Waals surface area (Å²) in [5.41, 5.74) is -2.09. The first-order chi connectivity index (χ1) is 28.0. The maximum atomic E-state index is 14.7. The summed E-state index contributed by atoms with van der Waals surface area (Å²) < 4.78 is 6.47. The fourth-order valence-corrected chi connectivity index (χ4v) is 16.1. The molecule has 0 radical (unpaired) electrons. The largest absolute Gasteiger partial charge is 0.508 e. The van der Waals surface area contributed by atoms with Crippen LogP contribution in [0.1, 0.15) is 136 Å². The van der Waals surface area contributed by atoms with E-state index in [9.17, 15) is 35.1 Å². The lowest BCUT2D eigenvalue weighted by Gasteiger charge is -2.63. The second-order valence-electron chi connectivity index (χ2n) is 22.1. The summed E-state index contributed by atoms with van der Waals surface area (Å²) in [4.78, 5) is 30.9. The number of carbonyl (C=O) groups excluding carboxylic acids is 2. The molecule has 1 amide bonds. The molecule has 2 aliphatic heterocycles. The lowest BCUT2D eigenvalue weighted by atomic mass is 9.42. The van der Waals surface area contributed by atoms with Gasteiger partial charge in [-0.1, -0.05) is 72.0 Å². The highest BCUT2D eigenvalue weighted by molar-refractivity contribution is 6.01. The van der Waals surface area contributed by atoms with Gasteiger partial charge in [-0.05, 0) is 135 Å². The number of aliphatic hydroxyl groups excluding tert-OH is 2. The van der Waals surface area contributed by atoms with Gasteiger partial charge in [0.05, 0.1) is 29.3 Å². The quantitative estimate of drug-likeness (QED) is 0.142. The number of rotatable bonds is 7. The molecule has 2 saturated heterocycles. The van der Waals surface area contributed by atoms with Gasteiger partial charge in [-0.3, -0.25) is 9.59 Å². The van der Waals surface area contributed by atoms with Crippen molar-refractivity contribution >= 4 is 17.4 Å². The van der Waals surface area contributed by atoms with Crippen LogP contribution in [0.2, 0.25) is 0 Å². The second-order valence-corrected chi connectivity index (χ2v) is 22.1. The SMILES string of the molecule is CC(C)C(C)C1OC1C1(O)CC=CC2CC3C(=CC(=O)C4CC(O)C(O)CC43C)C3(O)CCC1C23CCc1cc(O)cc(N2CC3(CCCC3)C3(CCCCC3)C2=O)c1. The number of phenols is 1. The van der Waals surface area contributed by atoms with Crippen molar-refractivity contribution in [1.82, 2.24) is 0 Å². The number of allylic oxidation sites excluding steroid dienone is 2. The number of anilines is 1. The highest BCUT2D eigenvalue weighted by atomic mass is 16.6. The van der Waals surface area contributed by atoms with E-state index in [-0.39, 0.29) is 77.0 Å². The Morgan fingerprint density at radius 1 is 0.898 bits per heavy atom. The molecular formula is C50H69NO8. The standard InChI is InChI=1S/C50H69NO8/c1-29(2)30(3)42-43(59-42)49(57)18-10-11-32-23-35-36(25-38(53)37-26-39(54)40(55)27-45(35,37)4)50(58)20-13-41(49)48(32,50)19-12-31-21-33(24-34(52)22-31)51-28-46(14-8-9-15-46)47(44(51)56)16-6-5-7-17-47/h10-11,21-22,24-25,29-30,32,35,37,39-43,52,54-55,57-58H,5-9,12-20,23,26-28H2,1-4H3. The fraction of sp³-hybridized carbons (Fsp3) is 0.760. The van der Waals surface area contributed by atoms with E-state index in [2.05, 4.69) is 45.9 Å². The molecule has 2 spiro atoms. The number of benzene rings is 1. The Morgan fingerprint density at radius 2 is 1.63 bits per heavy atom. The van der Waals surface area contributed by atoms with Gasteiger partial charge in [-0.2, -0.15) is 0 Å². The van der Waals surface area contributed by atoms with Crippen LogP contribution in [0.3, 0.4) is 0 Å². The number of nitrogens with zero attached hydrogens (tertiary/aromatic N) is 1. The van der Waals surface area contributed by atoms with Gasteiger partial charge >= 0.3 is 0 Å². The second kappa shape index (κ2) is 13.7. The third kappa shape index (κ3) is 5.51. The third-order valence-corrected chi connectivity index (χ3v) is 19.5. The summed E-state index contributed by atoms with van der Waals surface area (Å²) in [6.07, 6.45) is 17.1. The van der Waals surface area contributed by atoms with Crippen LogP contribution in [0.25, 0.3) is 0 Å². The number of ether oxygens (including phenoxy) is 1. The Hall–Kier alpha value is -2.56. The molecule has 13 atom stereocenters. The molecular weight excluding hydrogens is 743 g/mol. The number of amides is 1. The first kappa shape index (κ1) is 40.5. The van der Waals surface area contributed by atoms with Crippen molar-refractivity contribution in [3.63, 3.8) is 0 Å². The van der Waals surface area contributed by atoms with E-state index in [0.29, 0.717) is 51.0 Å². The summed E-state index contributed by atoms with van der Waals surface area (Å²) in [6.45, 7) is 9.36. The molecule has 7 fully saturated rings. The molecule has 1 aromatic carbocycles. The predicted octanol–water partition coefficient (Wildman–Crippen LogP) is 7.34. The normalized spacial score (nSPS) is 44.7. The third-order valence-electron chi connectivity index (χ3n) is 19.5. The molecule has 13 unspecified atom stereocenters. The van der Waals surface area contributed by atoms with E-state index < -0.39 is 40.2 Å². The minimum atomic E-state index is -1.42. The fourth-order valence-electron chi connectivity index (χ4n) is 16.1. The number of fused-ring (bicyclic) bond motifs is 5. The topological polar surface area (TPSA) is 151 Å². The molecule has 0 bridgehead atoms. The molecule has 322 valence electrons. The molecule has 59 heavy (non-hydrogen) atoms. The minimum absolute atomic E-state index is 0.0103. The Kier molecular flexibility index (Phi) is 9.42. The molecule has 9 aliphatic rings. The zero-order valence-corrected chi connectivity index (χ0v) is 35.9. The van der Waals surface area contributed by atoms with Crippen molar-refractivity contribution in [2.75, 3.05) is 11.4 Å². The van der Waals surface area contributed by atoms with E-state index in [0.717, 1.165) is 68.2 Å². The summed E-state index contributed by atoms with van der Waals surface area (Å²) in [7, 11) is 0. The summed E-state index contributed by atoms with van der Waals surface area (Å²) in [5, 5.41) is 60.2. The van der Waals surface area contributed by atoms with Crippen molar-refractivity contribution in [3.8, 4) is 5.75 Å². The van der Waals surface area contributed by atoms with Gasteiger partial charge in [0.15, 0.2) is 5.78 Å². The molecule has 10 rings (SSSR count). The van der Waals surface area contributed by atoms with Crippen molar-refractivity contribution in [2.24, 2.45) is 57.2 Å². The van der Waals surface area contributed by atoms with Gasteiger partial charge in [0.1, 0.15) is 17.5 Å². The van der Waals surface area contributed by atoms with E-state index in [1.165, 1.54) is 6.42 Å². The van der Waals surface area contributed by atoms with E-state index >= 15 is 0 Å². The minimum Gasteiger partial charge on any atom is -0.508 e. The monoisotopic (exact) mass is 812 g/mol. The number of ketones is 1. The summed E-state index contributed by atoms with van der Waals surface area (Å²) >= 11 is 0. The number of epoxide rings is 1. The number of carbonyl (C=O) groups is 2. The number of phenolic OH excluding ortho intramolecular Hbond substituents is 1. The Bertz CT molecular complexity index is 1940. The maximum absolute atomic E-state index is 14.7. The van der Waals surface area contributed by atoms with Gasteiger partial charge in [-0.25, -0.2) is 0 Å². The van der Waals surface area contributed by atoms with Gasteiger partial charge in [0, 0.05) is 41.0 Å². The van der Waals surface area contributed by atoms with Crippen LogP contribution in [0.4, 0.5) is 5.69 Å².